The summed E-state index contributed by atoms with van der Waals surface area (Å²) in [5.74, 6) is 0.663. The predicted octanol–water partition coefficient (Wildman–Crippen LogP) is 5.03. The second kappa shape index (κ2) is 10.4. The topological polar surface area (TPSA) is 82.6 Å². The summed E-state index contributed by atoms with van der Waals surface area (Å²) in [6.45, 7) is 5.57. The van der Waals surface area contributed by atoms with E-state index in [0.29, 0.717) is 23.3 Å². The fraction of sp³-hybridized carbons (Fsp3) is 0.407. The van der Waals surface area contributed by atoms with E-state index in [-0.39, 0.29) is 21.9 Å². The van der Waals surface area contributed by atoms with Crippen LogP contribution >= 0.6 is 11.6 Å². The summed E-state index contributed by atoms with van der Waals surface area (Å²) >= 11 is 6.50. The van der Waals surface area contributed by atoms with E-state index in [2.05, 4.69) is 21.5 Å². The summed E-state index contributed by atoms with van der Waals surface area (Å²) in [5.41, 5.74) is 1.06. The Balaban J connectivity index is 1.28. The number of rotatable bonds is 6. The van der Waals surface area contributed by atoms with Gasteiger partial charge in [0.1, 0.15) is 4.90 Å². The molecule has 2 aliphatic rings. The monoisotopic (exact) mass is 526 g/mol. The van der Waals surface area contributed by atoms with Crippen LogP contribution in [0, 0.1) is 5.92 Å². The molecule has 2 heterocycles. The van der Waals surface area contributed by atoms with Crippen molar-refractivity contribution in [1.29, 1.82) is 0 Å². The van der Waals surface area contributed by atoms with Gasteiger partial charge in [0.25, 0.3) is 15.9 Å². The van der Waals surface area contributed by atoms with Crippen molar-refractivity contribution in [1.82, 2.24) is 14.8 Å². The first-order chi connectivity index (χ1) is 17.3. The Labute approximate surface area is 217 Å². The van der Waals surface area contributed by atoms with Crippen LogP contribution < -0.4 is 4.72 Å². The van der Waals surface area contributed by atoms with Gasteiger partial charge in [0.05, 0.1) is 21.8 Å². The lowest BCUT2D eigenvalue weighted by molar-refractivity contribution is 0.0461. The van der Waals surface area contributed by atoms with Crippen molar-refractivity contribution in [2.45, 2.75) is 43.5 Å². The number of fused-ring (bicyclic) bond motifs is 1. The number of anilines is 1. The number of hydrogen-bond acceptors (Lipinski definition) is 5. The molecule has 5 rings (SSSR count). The maximum atomic E-state index is 13.3. The highest BCUT2D eigenvalue weighted by atomic mass is 35.5. The van der Waals surface area contributed by atoms with Crippen LogP contribution in [0.3, 0.4) is 0 Å². The normalized spacial score (nSPS) is 19.6. The first-order valence-corrected chi connectivity index (χ1v) is 14.4. The standard InChI is InChI=1S/C27H31ClN4O3S/c1-19-17-31(18-20-6-2-3-7-20)14-15-32(19)27(33)23-12-11-22(16-24(23)28)30-36(34,35)25-10-4-8-21-9-5-13-29-26(21)25/h4-5,8-13,16,19-20,30H,2-3,6-7,14-15,17-18H2,1H3/t19-/m0/s1. The number of aromatic nitrogens is 1. The van der Waals surface area contributed by atoms with Crippen molar-refractivity contribution in [2.75, 3.05) is 30.9 Å². The van der Waals surface area contributed by atoms with E-state index >= 15 is 0 Å². The molecule has 9 heteroatoms. The maximum Gasteiger partial charge on any atom is 0.264 e. The average Bonchev–Trinajstić information content (AvgIpc) is 3.36. The quantitative estimate of drug-likeness (QED) is 0.487. The second-order valence-electron chi connectivity index (χ2n) is 9.89. The number of benzene rings is 2. The summed E-state index contributed by atoms with van der Waals surface area (Å²) in [5, 5.41) is 0.952. The summed E-state index contributed by atoms with van der Waals surface area (Å²) < 4.78 is 28.8. The second-order valence-corrected chi connectivity index (χ2v) is 11.9. The molecule has 3 aromatic rings. The van der Waals surface area contributed by atoms with Gasteiger partial charge in [-0.15, -0.1) is 0 Å². The van der Waals surface area contributed by atoms with Gasteiger partial charge < -0.3 is 4.90 Å². The Morgan fingerprint density at radius 2 is 1.89 bits per heavy atom. The third-order valence-corrected chi connectivity index (χ3v) is 9.03. The highest BCUT2D eigenvalue weighted by Gasteiger charge is 2.31. The van der Waals surface area contributed by atoms with E-state index < -0.39 is 10.0 Å². The number of nitrogens with zero attached hydrogens (tertiary/aromatic N) is 3. The van der Waals surface area contributed by atoms with Gasteiger partial charge in [0, 0.05) is 43.8 Å². The number of sulfonamides is 1. The van der Waals surface area contributed by atoms with Crippen molar-refractivity contribution in [3.05, 3.63) is 65.3 Å². The van der Waals surface area contributed by atoms with Crippen molar-refractivity contribution in [3.63, 3.8) is 0 Å². The van der Waals surface area contributed by atoms with Crippen LogP contribution in [0.2, 0.25) is 5.02 Å². The largest absolute Gasteiger partial charge is 0.333 e. The average molecular weight is 527 g/mol. The first-order valence-electron chi connectivity index (χ1n) is 12.5. The molecular formula is C27H31ClN4O3S. The van der Waals surface area contributed by atoms with Crippen molar-refractivity contribution < 1.29 is 13.2 Å². The van der Waals surface area contributed by atoms with Crippen LogP contribution in [0.1, 0.15) is 43.0 Å². The predicted molar refractivity (Wildman–Crippen MR) is 143 cm³/mol. The highest BCUT2D eigenvalue weighted by molar-refractivity contribution is 7.93. The zero-order valence-electron chi connectivity index (χ0n) is 20.4. The minimum atomic E-state index is -3.91. The Kier molecular flexibility index (Phi) is 7.19. The van der Waals surface area contributed by atoms with Gasteiger partial charge in [-0.2, -0.15) is 0 Å². The molecule has 0 spiro atoms. The lowest BCUT2D eigenvalue weighted by atomic mass is 10.1. The Morgan fingerprint density at radius 3 is 2.64 bits per heavy atom. The number of carbonyl (C=O) groups is 1. The van der Waals surface area contributed by atoms with Crippen molar-refractivity contribution >= 4 is 44.1 Å². The lowest BCUT2D eigenvalue weighted by Gasteiger charge is -2.41. The van der Waals surface area contributed by atoms with Gasteiger partial charge in [-0.3, -0.25) is 19.4 Å². The van der Waals surface area contributed by atoms with E-state index in [0.717, 1.165) is 30.9 Å². The molecule has 0 radical (unpaired) electrons. The smallest absolute Gasteiger partial charge is 0.264 e. The van der Waals surface area contributed by atoms with E-state index in [1.165, 1.54) is 37.8 Å². The van der Waals surface area contributed by atoms with Gasteiger partial charge in [0.2, 0.25) is 0 Å². The van der Waals surface area contributed by atoms with Crippen LogP contribution in [0.15, 0.2) is 59.6 Å². The molecule has 1 aliphatic heterocycles. The molecule has 1 aliphatic carbocycles. The third-order valence-electron chi connectivity index (χ3n) is 7.30. The maximum absolute atomic E-state index is 13.3. The molecule has 1 saturated carbocycles. The molecule has 1 saturated heterocycles. The minimum absolute atomic E-state index is 0.0840. The molecule has 1 atom stereocenters. The Bertz CT molecular complexity index is 1370. The summed E-state index contributed by atoms with van der Waals surface area (Å²) in [4.78, 5) is 22.0. The minimum Gasteiger partial charge on any atom is -0.333 e. The first kappa shape index (κ1) is 25.0. The SMILES string of the molecule is C[C@H]1CN(CC2CCCC2)CCN1C(=O)c1ccc(NS(=O)(=O)c2cccc3cccnc23)cc1Cl. The van der Waals surface area contributed by atoms with Crippen LogP contribution in [-0.2, 0) is 10.0 Å². The number of nitrogens with one attached hydrogen (secondary N) is 1. The number of amides is 1. The lowest BCUT2D eigenvalue weighted by Crippen LogP contribution is -2.54. The van der Waals surface area contributed by atoms with E-state index in [4.69, 9.17) is 11.6 Å². The highest BCUT2D eigenvalue weighted by Crippen LogP contribution is 2.29. The zero-order valence-corrected chi connectivity index (χ0v) is 21.9. The molecule has 1 amide bonds. The summed E-state index contributed by atoms with van der Waals surface area (Å²) in [6, 6.07) is 13.3. The molecule has 1 aromatic heterocycles. The molecule has 1 N–H and O–H groups in total. The van der Waals surface area contributed by atoms with Crippen LogP contribution in [0.25, 0.3) is 10.9 Å². The van der Waals surface area contributed by atoms with Crippen LogP contribution in [-0.4, -0.2) is 61.3 Å². The number of hydrogen-bond donors (Lipinski definition) is 1. The molecule has 0 unspecified atom stereocenters. The number of halogens is 1. The molecule has 36 heavy (non-hydrogen) atoms. The summed E-state index contributed by atoms with van der Waals surface area (Å²) in [7, 11) is -3.91. The molecule has 2 fully saturated rings. The van der Waals surface area contributed by atoms with Gasteiger partial charge in [-0.05, 0) is 56.0 Å². The Morgan fingerprint density at radius 1 is 1.11 bits per heavy atom. The summed E-state index contributed by atoms with van der Waals surface area (Å²) in [6.07, 6.45) is 6.87. The fourth-order valence-electron chi connectivity index (χ4n) is 5.47. The number of pyridine rings is 1. The third kappa shape index (κ3) is 5.21. The van der Waals surface area contributed by atoms with Gasteiger partial charge in [-0.1, -0.05) is 42.6 Å². The van der Waals surface area contributed by atoms with E-state index in [1.54, 1.807) is 30.5 Å². The number of piperazine rings is 1. The van der Waals surface area contributed by atoms with Gasteiger partial charge in [-0.25, -0.2) is 8.42 Å². The molecule has 2 aromatic carbocycles. The number of carbonyl (C=O) groups excluding carboxylic acids is 1. The van der Waals surface area contributed by atoms with Gasteiger partial charge in [0.15, 0.2) is 0 Å². The van der Waals surface area contributed by atoms with Crippen molar-refractivity contribution in [2.24, 2.45) is 5.92 Å². The van der Waals surface area contributed by atoms with Crippen LogP contribution in [0.4, 0.5) is 5.69 Å². The van der Waals surface area contributed by atoms with Crippen molar-refractivity contribution in [3.8, 4) is 0 Å². The molecule has 190 valence electrons. The van der Waals surface area contributed by atoms with Crippen LogP contribution in [0.5, 0.6) is 0 Å². The van der Waals surface area contributed by atoms with E-state index in [9.17, 15) is 13.2 Å². The fourth-order valence-corrected chi connectivity index (χ4v) is 6.96. The Hall–Kier alpha value is -2.68. The van der Waals surface area contributed by atoms with E-state index in [1.807, 2.05) is 17.0 Å². The zero-order chi connectivity index (χ0) is 25.3. The molecular weight excluding hydrogens is 496 g/mol. The molecule has 0 bridgehead atoms. The number of para-hydroxylation sites is 1. The van der Waals surface area contributed by atoms with Gasteiger partial charge >= 0.3 is 0 Å². The molecule has 7 nitrogen and oxygen atoms in total.